The van der Waals surface area contributed by atoms with Crippen molar-refractivity contribution in [3.8, 4) is 5.88 Å². The molecular formula is C8H11NO4. The van der Waals surface area contributed by atoms with Gasteiger partial charge in [0, 0.05) is 0 Å². The molecule has 0 aliphatic rings. The summed E-state index contributed by atoms with van der Waals surface area (Å²) in [5, 5.41) is 12.2. The van der Waals surface area contributed by atoms with Crippen molar-refractivity contribution >= 4 is 5.97 Å². The zero-order valence-electron chi connectivity index (χ0n) is 7.53. The van der Waals surface area contributed by atoms with E-state index in [1.54, 1.807) is 0 Å². The van der Waals surface area contributed by atoms with Gasteiger partial charge >= 0.3 is 5.97 Å². The van der Waals surface area contributed by atoms with Crippen LogP contribution in [0.1, 0.15) is 29.5 Å². The van der Waals surface area contributed by atoms with Crippen molar-refractivity contribution in [2.45, 2.75) is 19.8 Å². The largest absolute Gasteiger partial charge is 0.479 e. The molecule has 5 nitrogen and oxygen atoms in total. The summed E-state index contributed by atoms with van der Waals surface area (Å²) in [5.74, 6) is -0.975. The third-order valence-electron chi connectivity index (χ3n) is 1.64. The van der Waals surface area contributed by atoms with Crippen LogP contribution in [0.3, 0.4) is 0 Å². The van der Waals surface area contributed by atoms with Crippen LogP contribution in [0.2, 0.25) is 0 Å². The van der Waals surface area contributed by atoms with E-state index >= 15 is 0 Å². The Balaban J connectivity index is 3.06. The number of methoxy groups -OCH3 is 1. The second-order valence-electron chi connectivity index (χ2n) is 2.55. The van der Waals surface area contributed by atoms with Crippen LogP contribution < -0.4 is 4.74 Å². The van der Waals surface area contributed by atoms with Crippen LogP contribution in [0.4, 0.5) is 0 Å². The Morgan fingerprint density at radius 3 is 2.85 bits per heavy atom. The Morgan fingerprint density at radius 2 is 2.38 bits per heavy atom. The van der Waals surface area contributed by atoms with Gasteiger partial charge in [0.1, 0.15) is 0 Å². The van der Waals surface area contributed by atoms with Gasteiger partial charge in [-0.2, -0.15) is 0 Å². The lowest BCUT2D eigenvalue weighted by Gasteiger charge is -1.97. The molecular weight excluding hydrogens is 174 g/mol. The van der Waals surface area contributed by atoms with Crippen LogP contribution in [-0.2, 0) is 6.42 Å². The summed E-state index contributed by atoms with van der Waals surface area (Å²) in [6.07, 6.45) is 1.41. The highest BCUT2D eigenvalue weighted by Gasteiger charge is 2.21. The third-order valence-corrected chi connectivity index (χ3v) is 1.64. The fourth-order valence-corrected chi connectivity index (χ4v) is 1.09. The Hall–Kier alpha value is -1.52. The van der Waals surface area contributed by atoms with Gasteiger partial charge in [0.05, 0.1) is 12.7 Å². The maximum Gasteiger partial charge on any atom is 0.375 e. The highest BCUT2D eigenvalue weighted by Crippen LogP contribution is 2.22. The normalized spacial score (nSPS) is 10.0. The summed E-state index contributed by atoms with van der Waals surface area (Å²) in [7, 11) is 1.43. The number of ether oxygens (including phenoxy) is 1. The molecule has 13 heavy (non-hydrogen) atoms. The minimum atomic E-state index is -1.11. The van der Waals surface area contributed by atoms with Crippen LogP contribution in [0, 0.1) is 0 Å². The van der Waals surface area contributed by atoms with Crippen LogP contribution >= 0.6 is 0 Å². The molecule has 1 rings (SSSR count). The second kappa shape index (κ2) is 3.93. The number of hydrogen-bond acceptors (Lipinski definition) is 4. The zero-order valence-corrected chi connectivity index (χ0v) is 7.53. The van der Waals surface area contributed by atoms with E-state index in [0.29, 0.717) is 12.0 Å². The lowest BCUT2D eigenvalue weighted by molar-refractivity contribution is 0.0650. The number of carbonyl (C=O) groups is 1. The van der Waals surface area contributed by atoms with Crippen molar-refractivity contribution in [2.24, 2.45) is 0 Å². The molecule has 0 atom stereocenters. The number of aromatic nitrogens is 1. The minimum absolute atomic E-state index is 0.126. The first kappa shape index (κ1) is 9.57. The smallest absolute Gasteiger partial charge is 0.375 e. The molecule has 1 aromatic rings. The molecule has 1 aromatic heterocycles. The summed E-state index contributed by atoms with van der Waals surface area (Å²) >= 11 is 0. The molecule has 0 bridgehead atoms. The average molecular weight is 185 g/mol. The van der Waals surface area contributed by atoms with Gasteiger partial charge in [-0.05, 0) is 11.6 Å². The maximum absolute atomic E-state index is 10.6. The highest BCUT2D eigenvalue weighted by molar-refractivity contribution is 5.86. The molecule has 0 spiro atoms. The van der Waals surface area contributed by atoms with Crippen molar-refractivity contribution in [2.75, 3.05) is 7.11 Å². The van der Waals surface area contributed by atoms with E-state index in [1.807, 2.05) is 6.92 Å². The van der Waals surface area contributed by atoms with Gasteiger partial charge in [0.15, 0.2) is 0 Å². The number of nitrogens with zero attached hydrogens (tertiary/aromatic N) is 1. The van der Waals surface area contributed by atoms with Gasteiger partial charge in [-0.25, -0.2) is 4.79 Å². The van der Waals surface area contributed by atoms with E-state index in [9.17, 15) is 4.79 Å². The molecule has 5 heteroatoms. The second-order valence-corrected chi connectivity index (χ2v) is 2.55. The van der Waals surface area contributed by atoms with E-state index in [1.165, 1.54) is 7.11 Å². The van der Waals surface area contributed by atoms with Crippen LogP contribution in [0.15, 0.2) is 4.52 Å². The molecule has 0 amide bonds. The quantitative estimate of drug-likeness (QED) is 0.766. The average Bonchev–Trinajstić information content (AvgIpc) is 2.48. The van der Waals surface area contributed by atoms with Crippen molar-refractivity contribution in [1.29, 1.82) is 0 Å². The Bertz CT molecular complexity index is 305. The molecule has 0 unspecified atom stereocenters. The number of aromatic carboxylic acids is 1. The Labute approximate surface area is 75.3 Å². The molecule has 0 saturated heterocycles. The van der Waals surface area contributed by atoms with Crippen LogP contribution in [0.25, 0.3) is 0 Å². The van der Waals surface area contributed by atoms with Crippen molar-refractivity contribution in [3.05, 3.63) is 11.3 Å². The summed E-state index contributed by atoms with van der Waals surface area (Å²) in [6, 6.07) is 0. The monoisotopic (exact) mass is 185 g/mol. The number of carboxylic acid groups (broad SMARTS) is 1. The van der Waals surface area contributed by atoms with E-state index in [-0.39, 0.29) is 11.6 Å². The fraction of sp³-hybridized carbons (Fsp3) is 0.500. The summed E-state index contributed by atoms with van der Waals surface area (Å²) in [5.41, 5.74) is 0.525. The standard InChI is InChI=1S/C8H11NO4/c1-3-4-5-6(8(10)11)13-9-7(5)12-2/h3-4H2,1-2H3,(H,10,11). The van der Waals surface area contributed by atoms with Gasteiger partial charge < -0.3 is 14.4 Å². The van der Waals surface area contributed by atoms with Gasteiger partial charge in [0.2, 0.25) is 0 Å². The molecule has 0 aromatic carbocycles. The van der Waals surface area contributed by atoms with Crippen molar-refractivity contribution < 1.29 is 19.2 Å². The number of hydrogen-bond donors (Lipinski definition) is 1. The minimum Gasteiger partial charge on any atom is -0.479 e. The Morgan fingerprint density at radius 1 is 1.69 bits per heavy atom. The fourth-order valence-electron chi connectivity index (χ4n) is 1.09. The predicted octanol–water partition coefficient (Wildman–Crippen LogP) is 1.33. The highest BCUT2D eigenvalue weighted by atomic mass is 16.5. The van der Waals surface area contributed by atoms with E-state index in [4.69, 9.17) is 9.84 Å². The maximum atomic E-state index is 10.6. The first-order valence-corrected chi connectivity index (χ1v) is 3.96. The number of carboxylic acids is 1. The van der Waals surface area contributed by atoms with E-state index in [2.05, 4.69) is 9.68 Å². The van der Waals surface area contributed by atoms with Gasteiger partial charge in [0.25, 0.3) is 11.6 Å². The van der Waals surface area contributed by atoms with E-state index < -0.39 is 5.97 Å². The molecule has 0 saturated carbocycles. The molecule has 0 aliphatic carbocycles. The zero-order chi connectivity index (χ0) is 9.84. The van der Waals surface area contributed by atoms with Crippen molar-refractivity contribution in [3.63, 3.8) is 0 Å². The first-order valence-electron chi connectivity index (χ1n) is 3.96. The van der Waals surface area contributed by atoms with E-state index in [0.717, 1.165) is 6.42 Å². The molecule has 1 N–H and O–H groups in total. The van der Waals surface area contributed by atoms with Gasteiger partial charge in [-0.1, -0.05) is 13.3 Å². The molecule has 0 fully saturated rings. The third kappa shape index (κ3) is 1.80. The first-order chi connectivity index (χ1) is 6.20. The number of rotatable bonds is 4. The molecule has 0 radical (unpaired) electrons. The molecule has 1 heterocycles. The van der Waals surface area contributed by atoms with Crippen LogP contribution in [0.5, 0.6) is 5.88 Å². The SMILES string of the molecule is CCCc1c(OC)noc1C(=O)O. The Kier molecular flexibility index (Phi) is 2.89. The summed E-state index contributed by atoms with van der Waals surface area (Å²) in [6.45, 7) is 1.94. The predicted molar refractivity (Wildman–Crippen MR) is 44.0 cm³/mol. The lowest BCUT2D eigenvalue weighted by Crippen LogP contribution is -1.99. The van der Waals surface area contributed by atoms with Gasteiger partial charge in [-0.15, -0.1) is 0 Å². The topological polar surface area (TPSA) is 72.6 Å². The molecule has 72 valence electrons. The van der Waals surface area contributed by atoms with Crippen molar-refractivity contribution in [1.82, 2.24) is 5.16 Å². The molecule has 0 aliphatic heterocycles. The van der Waals surface area contributed by atoms with Gasteiger partial charge in [-0.3, -0.25) is 0 Å². The lowest BCUT2D eigenvalue weighted by atomic mass is 10.1. The summed E-state index contributed by atoms with van der Waals surface area (Å²) < 4.78 is 9.49. The van der Waals surface area contributed by atoms with Crippen LogP contribution in [-0.4, -0.2) is 23.3 Å². The summed E-state index contributed by atoms with van der Waals surface area (Å²) in [4.78, 5) is 10.6.